The maximum absolute atomic E-state index is 15.2. The first-order valence-electron chi connectivity index (χ1n) is 10.8. The number of benzene rings is 3. The van der Waals surface area contributed by atoms with Crippen molar-refractivity contribution in [1.82, 2.24) is 0 Å². The third kappa shape index (κ3) is 5.03. The van der Waals surface area contributed by atoms with Gasteiger partial charge in [-0.2, -0.15) is 0 Å². The molecule has 0 spiro atoms. The molecule has 0 heterocycles. The second-order valence-corrected chi connectivity index (χ2v) is 13.4. The molecule has 194 valence electrons. The molecule has 0 saturated carbocycles. The normalized spacial score (nSPS) is 12.5. The van der Waals surface area contributed by atoms with Crippen LogP contribution in [-0.2, 0) is 10.8 Å². The lowest BCUT2D eigenvalue weighted by atomic mass is 9.86. The molecule has 2 N–H and O–H groups in total. The van der Waals surface area contributed by atoms with Gasteiger partial charge in [-0.3, -0.25) is 0 Å². The molecule has 36 heavy (non-hydrogen) atoms. The molecule has 10 heteroatoms. The van der Waals surface area contributed by atoms with Gasteiger partial charge in [0.15, 0.2) is 23.3 Å². The van der Waals surface area contributed by atoms with Crippen molar-refractivity contribution < 1.29 is 32.2 Å². The zero-order valence-electron chi connectivity index (χ0n) is 20.3. The molecule has 0 amide bonds. The summed E-state index contributed by atoms with van der Waals surface area (Å²) < 4.78 is 73.1. The zero-order valence-corrected chi connectivity index (χ0v) is 22.7. The summed E-state index contributed by atoms with van der Waals surface area (Å²) in [4.78, 5) is 0. The highest BCUT2D eigenvalue weighted by Crippen LogP contribution is 2.47. The summed E-state index contributed by atoms with van der Waals surface area (Å²) in [5.41, 5.74) is -0.875. The number of hydrogen-bond donors (Lipinski definition) is 2. The first kappa shape index (κ1) is 28.5. The third-order valence-corrected chi connectivity index (χ3v) is 8.54. The minimum atomic E-state index is -2.80. The smallest absolute Gasteiger partial charge is 0.200 e. The number of phenolic OH excluding ortho intramolecular Hbond substituents is 2. The fraction of sp³-hybridized carbons (Fsp3) is 0.308. The van der Waals surface area contributed by atoms with E-state index in [0.29, 0.717) is 0 Å². The number of aromatic hydroxyl groups is 2. The molecule has 0 aliphatic carbocycles. The average molecular weight is 565 g/mol. The van der Waals surface area contributed by atoms with E-state index in [-0.39, 0.29) is 31.8 Å². The quantitative estimate of drug-likeness (QED) is 0.150. The highest BCUT2D eigenvalue weighted by Gasteiger charge is 2.37. The van der Waals surface area contributed by atoms with E-state index in [2.05, 4.69) is 0 Å². The third-order valence-electron chi connectivity index (χ3n) is 5.62. The van der Waals surface area contributed by atoms with Gasteiger partial charge in [-0.25, -0.2) is 22.0 Å². The Labute approximate surface area is 217 Å². The van der Waals surface area contributed by atoms with Crippen molar-refractivity contribution in [2.45, 2.75) is 52.4 Å². The highest BCUT2D eigenvalue weighted by molar-refractivity contribution is 7.80. The van der Waals surface area contributed by atoms with Crippen LogP contribution in [0, 0.1) is 29.1 Å². The fourth-order valence-electron chi connectivity index (χ4n) is 3.81. The van der Waals surface area contributed by atoms with Crippen LogP contribution in [0.25, 0.3) is 0 Å². The van der Waals surface area contributed by atoms with Gasteiger partial charge in [0.25, 0.3) is 0 Å². The van der Waals surface area contributed by atoms with E-state index in [0.717, 1.165) is 0 Å². The van der Waals surface area contributed by atoms with Gasteiger partial charge in [0.2, 0.25) is 5.82 Å². The molecule has 0 unspecified atom stereocenters. The largest absolute Gasteiger partial charge is 0.507 e. The minimum absolute atomic E-state index is 0.0571. The summed E-state index contributed by atoms with van der Waals surface area (Å²) in [5, 5.41) is 21.0. The lowest BCUT2D eigenvalue weighted by Crippen LogP contribution is -2.30. The second kappa shape index (κ2) is 9.66. The van der Waals surface area contributed by atoms with Gasteiger partial charge in [-0.05, 0) is 35.1 Å². The summed E-state index contributed by atoms with van der Waals surface area (Å²) >= 11 is 12.6. The molecule has 0 aliphatic heterocycles. The Hall–Kier alpha value is -2.08. The van der Waals surface area contributed by atoms with Crippen molar-refractivity contribution in [3.05, 3.63) is 74.5 Å². The van der Waals surface area contributed by atoms with Crippen LogP contribution in [0.4, 0.5) is 22.0 Å². The van der Waals surface area contributed by atoms with Gasteiger partial charge in [-0.1, -0.05) is 64.7 Å². The van der Waals surface area contributed by atoms with Crippen molar-refractivity contribution in [3.63, 3.8) is 0 Å². The van der Waals surface area contributed by atoms with E-state index in [9.17, 15) is 23.4 Å². The maximum atomic E-state index is 15.2. The first-order valence-corrected chi connectivity index (χ1v) is 12.8. The van der Waals surface area contributed by atoms with Crippen LogP contribution in [0.3, 0.4) is 0 Å². The van der Waals surface area contributed by atoms with Gasteiger partial charge in [0.05, 0.1) is 5.30 Å². The van der Waals surface area contributed by atoms with Crippen molar-refractivity contribution in [2.75, 3.05) is 0 Å². The topological polar surface area (TPSA) is 40.5 Å². The van der Waals surface area contributed by atoms with Gasteiger partial charge in [0, 0.05) is 39.7 Å². The molecule has 3 rings (SSSR count). The molecule has 0 radical (unpaired) electrons. The van der Waals surface area contributed by atoms with E-state index in [1.165, 1.54) is 24.3 Å². The zero-order chi connectivity index (χ0) is 27.5. The van der Waals surface area contributed by atoms with E-state index >= 15 is 8.78 Å². The molecular weight excluding hydrogens is 541 g/mol. The number of halogens is 7. The predicted molar refractivity (Wildman–Crippen MR) is 136 cm³/mol. The standard InChI is InChI=1S/C26H24Cl2F5O2P/c1-25(2,3)13-7-11(27)9-15(22(13)34)36(24-20(32)18(30)17(29)19(31)21(24)33)16-10-12(28)8-14(23(16)35)26(4,5)6/h7-10,34-35H,1-6H3. The lowest BCUT2D eigenvalue weighted by Gasteiger charge is -2.29. The Bertz CT molecular complexity index is 1270. The average Bonchev–Trinajstić information content (AvgIpc) is 2.75. The Morgan fingerprint density at radius 1 is 0.583 bits per heavy atom. The van der Waals surface area contributed by atoms with E-state index < -0.39 is 64.6 Å². The van der Waals surface area contributed by atoms with Gasteiger partial charge >= 0.3 is 0 Å². The molecular formula is C26H24Cl2F5O2P. The molecule has 0 atom stereocenters. The maximum Gasteiger partial charge on any atom is 0.200 e. The van der Waals surface area contributed by atoms with Crippen LogP contribution < -0.4 is 15.9 Å². The SMILES string of the molecule is CC(C)(C)c1cc(Cl)cc(P(c2cc(Cl)cc(C(C)(C)C)c2O)c2c(F)c(F)c(F)c(F)c2F)c1O. The Morgan fingerprint density at radius 3 is 1.19 bits per heavy atom. The van der Waals surface area contributed by atoms with E-state index in [1.807, 2.05) is 0 Å². The molecule has 0 bridgehead atoms. The predicted octanol–water partition coefficient (Wildman–Crippen LogP) is 7.45. The molecule has 2 nitrogen and oxygen atoms in total. The molecule has 3 aromatic rings. The molecule has 0 aromatic heterocycles. The van der Waals surface area contributed by atoms with E-state index in [4.69, 9.17) is 23.2 Å². The summed E-state index contributed by atoms with van der Waals surface area (Å²) in [7, 11) is -2.80. The minimum Gasteiger partial charge on any atom is -0.507 e. The Kier molecular flexibility index (Phi) is 7.65. The van der Waals surface area contributed by atoms with Crippen LogP contribution in [0.5, 0.6) is 11.5 Å². The van der Waals surface area contributed by atoms with Crippen LogP contribution >= 0.6 is 31.1 Å². The number of rotatable bonds is 3. The van der Waals surface area contributed by atoms with Crippen LogP contribution in [-0.4, -0.2) is 10.2 Å². The van der Waals surface area contributed by atoms with Gasteiger partial charge in [-0.15, -0.1) is 0 Å². The van der Waals surface area contributed by atoms with Gasteiger partial charge < -0.3 is 10.2 Å². The molecule has 3 aromatic carbocycles. The first-order chi connectivity index (χ1) is 16.4. The fourth-order valence-corrected chi connectivity index (χ4v) is 6.93. The van der Waals surface area contributed by atoms with Crippen molar-refractivity contribution in [3.8, 4) is 11.5 Å². The summed E-state index contributed by atoms with van der Waals surface area (Å²) in [6.07, 6.45) is 0. The van der Waals surface area contributed by atoms with E-state index in [1.54, 1.807) is 41.5 Å². The van der Waals surface area contributed by atoms with Crippen LogP contribution in [0.15, 0.2) is 24.3 Å². The van der Waals surface area contributed by atoms with Crippen LogP contribution in [0.1, 0.15) is 52.7 Å². The van der Waals surface area contributed by atoms with Gasteiger partial charge in [0.1, 0.15) is 11.5 Å². The van der Waals surface area contributed by atoms with Crippen molar-refractivity contribution >= 4 is 47.0 Å². The van der Waals surface area contributed by atoms with Crippen molar-refractivity contribution in [1.29, 1.82) is 0 Å². The molecule has 0 fully saturated rings. The summed E-state index contributed by atoms with van der Waals surface area (Å²) in [6, 6.07) is 5.27. The number of phenols is 2. The highest BCUT2D eigenvalue weighted by atomic mass is 35.5. The summed E-state index contributed by atoms with van der Waals surface area (Å²) in [5.74, 6) is -11.7. The second-order valence-electron chi connectivity index (χ2n) is 10.4. The van der Waals surface area contributed by atoms with Crippen LogP contribution in [0.2, 0.25) is 10.0 Å². The van der Waals surface area contributed by atoms with Crippen molar-refractivity contribution in [2.24, 2.45) is 0 Å². The Balaban J connectivity index is 2.59. The summed E-state index contributed by atoms with van der Waals surface area (Å²) in [6.45, 7) is 10.5. The molecule has 0 saturated heterocycles. The monoisotopic (exact) mass is 564 g/mol. The lowest BCUT2D eigenvalue weighted by molar-refractivity contribution is 0.384. The number of hydrogen-bond acceptors (Lipinski definition) is 2. The Morgan fingerprint density at radius 2 is 0.889 bits per heavy atom. The molecule has 0 aliphatic rings.